The maximum Gasteiger partial charge on any atom is 0.0700 e. The molecule has 3 rings (SSSR count). The predicted octanol–water partition coefficient (Wildman–Crippen LogP) is 5.68. The van der Waals surface area contributed by atoms with E-state index < -0.39 is 0 Å². The van der Waals surface area contributed by atoms with E-state index in [1.165, 1.54) is 0 Å². The summed E-state index contributed by atoms with van der Waals surface area (Å²) in [6.45, 7) is 8.89. The molecule has 0 atom stereocenters. The molecule has 0 aliphatic carbocycles. The van der Waals surface area contributed by atoms with Crippen molar-refractivity contribution in [2.75, 3.05) is 162 Å². The van der Waals surface area contributed by atoms with E-state index in [0.29, 0.717) is 157 Å². The number of hydrogen-bond donors (Lipinski definition) is 0. The molecule has 12 heteroatoms. The van der Waals surface area contributed by atoms with E-state index in [9.17, 15) is 0 Å². The number of hydrogen-bond acceptors (Lipinski definition) is 12. The highest BCUT2D eigenvalue weighted by molar-refractivity contribution is 5.59. The molecule has 0 heterocycles. The van der Waals surface area contributed by atoms with Gasteiger partial charge in [-0.05, 0) is 108 Å². The van der Waals surface area contributed by atoms with Gasteiger partial charge in [-0.2, -0.15) is 0 Å². The van der Waals surface area contributed by atoms with Crippen molar-refractivity contribution < 1.29 is 56.8 Å². The Labute approximate surface area is 407 Å². The fraction of sp³-hybridized carbons (Fsp3) is 0.536. The fourth-order valence-electron chi connectivity index (χ4n) is 6.87. The molecule has 3 aromatic carbocycles. The lowest BCUT2D eigenvalue weighted by Gasteiger charge is -2.14. The molecule has 0 bridgehead atoms. The van der Waals surface area contributed by atoms with Crippen LogP contribution in [0.2, 0.25) is 0 Å². The van der Waals surface area contributed by atoms with Crippen molar-refractivity contribution in [1.29, 1.82) is 0 Å². The lowest BCUT2D eigenvalue weighted by atomic mass is 9.92. The molecule has 0 N–H and O–H groups in total. The Balaban J connectivity index is 2.22. The molecular formula is C56H74O12. The lowest BCUT2D eigenvalue weighted by Crippen LogP contribution is -2.09. The Morgan fingerprint density at radius 1 is 0.265 bits per heavy atom. The number of methoxy groups -OCH3 is 6. The molecule has 12 nitrogen and oxygen atoms in total. The first-order valence-corrected chi connectivity index (χ1v) is 23.3. The summed E-state index contributed by atoms with van der Waals surface area (Å²) in [5, 5.41) is 0. The highest BCUT2D eigenvalue weighted by atomic mass is 16.5. The van der Waals surface area contributed by atoms with Crippen LogP contribution >= 0.6 is 0 Å². The van der Waals surface area contributed by atoms with Crippen LogP contribution in [0, 0.1) is 48.4 Å². The zero-order valence-corrected chi connectivity index (χ0v) is 41.5. The normalized spacial score (nSPS) is 10.9. The number of terminal acetylenes is 2. The summed E-state index contributed by atoms with van der Waals surface area (Å²) in [7, 11) is 9.95. The first kappa shape index (κ1) is 57.7. The van der Waals surface area contributed by atoms with Gasteiger partial charge < -0.3 is 56.8 Å². The second-order valence-electron chi connectivity index (χ2n) is 15.4. The third-order valence-electron chi connectivity index (χ3n) is 10.6. The molecule has 0 aliphatic rings. The van der Waals surface area contributed by atoms with Crippen molar-refractivity contribution in [2.45, 2.75) is 38.5 Å². The van der Waals surface area contributed by atoms with Crippen LogP contribution in [0.25, 0.3) is 0 Å². The molecule has 0 saturated carbocycles. The van der Waals surface area contributed by atoms with Crippen LogP contribution in [0.15, 0.2) is 36.4 Å². The Morgan fingerprint density at radius 2 is 0.441 bits per heavy atom. The minimum Gasteiger partial charge on any atom is -0.382 e. The highest BCUT2D eigenvalue weighted by Gasteiger charge is 2.14. The second-order valence-corrected chi connectivity index (χ2v) is 15.4. The van der Waals surface area contributed by atoms with Crippen LogP contribution in [-0.4, -0.2) is 162 Å². The lowest BCUT2D eigenvalue weighted by molar-refractivity contribution is 0.0720. The van der Waals surface area contributed by atoms with E-state index >= 15 is 0 Å². The van der Waals surface area contributed by atoms with E-state index in [2.05, 4.69) is 71.9 Å². The molecule has 0 amide bonds. The summed E-state index contributed by atoms with van der Waals surface area (Å²) in [6, 6.07) is 12.6. The largest absolute Gasteiger partial charge is 0.382 e. The third kappa shape index (κ3) is 22.7. The summed E-state index contributed by atoms with van der Waals surface area (Å²) in [5.41, 5.74) is 11.1. The minimum atomic E-state index is 0.467. The van der Waals surface area contributed by atoms with Crippen molar-refractivity contribution in [3.63, 3.8) is 0 Å². The van der Waals surface area contributed by atoms with Crippen LogP contribution in [0.3, 0.4) is 0 Å². The summed E-state index contributed by atoms with van der Waals surface area (Å²) in [5.74, 6) is 20.0. The van der Waals surface area contributed by atoms with Gasteiger partial charge >= 0.3 is 0 Å². The summed E-state index contributed by atoms with van der Waals surface area (Å²) in [6.07, 6.45) is 15.8. The van der Waals surface area contributed by atoms with Gasteiger partial charge in [0.05, 0.1) is 119 Å². The maximum atomic E-state index is 6.07. The quantitative estimate of drug-likeness (QED) is 0.0529. The van der Waals surface area contributed by atoms with Gasteiger partial charge in [-0.3, -0.25) is 0 Å². The highest BCUT2D eigenvalue weighted by Crippen LogP contribution is 2.23. The fourth-order valence-corrected chi connectivity index (χ4v) is 6.87. The number of ether oxygens (including phenoxy) is 12. The van der Waals surface area contributed by atoms with Crippen molar-refractivity contribution in [1.82, 2.24) is 0 Å². The summed E-state index contributed by atoms with van der Waals surface area (Å²) >= 11 is 0. The van der Waals surface area contributed by atoms with Gasteiger partial charge in [0, 0.05) is 76.0 Å². The molecule has 0 radical (unpaired) electrons. The Morgan fingerprint density at radius 3 is 0.618 bits per heavy atom. The molecule has 0 saturated heterocycles. The zero-order valence-electron chi connectivity index (χ0n) is 41.5. The van der Waals surface area contributed by atoms with Gasteiger partial charge in [0.2, 0.25) is 0 Å². The third-order valence-corrected chi connectivity index (χ3v) is 10.6. The Hall–Kier alpha value is -4.58. The van der Waals surface area contributed by atoms with E-state index in [-0.39, 0.29) is 0 Å². The van der Waals surface area contributed by atoms with Crippen LogP contribution in [0.1, 0.15) is 66.8 Å². The average molecular weight is 939 g/mol. The molecule has 0 aromatic heterocycles. The standard InChI is InChI=1S/C56H74O12/c1-9-45-39-53(17-23-65-35-29-59-5)47(41-51(45)15-21-63-33-27-57-3)11-13-49-43-56(20-26-68-38-32-62-8)50(44-55(49)19-25-67-37-31-61-7)14-12-48-42-52(16-22-64-34-28-58-4)46(10-2)40-54(48)18-24-66-36-30-60-6/h1-2,39-44H,15-38H2,3-8H3. The van der Waals surface area contributed by atoms with Crippen LogP contribution in [0.5, 0.6) is 0 Å². The van der Waals surface area contributed by atoms with Gasteiger partial charge in [-0.15, -0.1) is 12.8 Å². The van der Waals surface area contributed by atoms with Crippen LogP contribution in [0.4, 0.5) is 0 Å². The predicted molar refractivity (Wildman–Crippen MR) is 266 cm³/mol. The molecule has 0 spiro atoms. The first-order chi connectivity index (χ1) is 33.5. The molecular weight excluding hydrogens is 865 g/mol. The Kier molecular flexibility index (Phi) is 31.7. The smallest absolute Gasteiger partial charge is 0.0700 e. The molecule has 3 aromatic rings. The van der Waals surface area contributed by atoms with E-state index in [1.807, 2.05) is 0 Å². The zero-order chi connectivity index (χ0) is 48.9. The van der Waals surface area contributed by atoms with E-state index in [0.717, 1.165) is 66.8 Å². The summed E-state index contributed by atoms with van der Waals surface area (Å²) in [4.78, 5) is 0. The summed E-state index contributed by atoms with van der Waals surface area (Å²) < 4.78 is 66.6. The molecule has 68 heavy (non-hydrogen) atoms. The first-order valence-electron chi connectivity index (χ1n) is 23.3. The average Bonchev–Trinajstić information content (AvgIpc) is 3.35. The van der Waals surface area contributed by atoms with Crippen molar-refractivity contribution in [3.05, 3.63) is 103 Å². The minimum absolute atomic E-state index is 0.467. The van der Waals surface area contributed by atoms with Crippen molar-refractivity contribution in [3.8, 4) is 48.4 Å². The monoisotopic (exact) mass is 939 g/mol. The molecule has 0 unspecified atom stereocenters. The molecule has 370 valence electrons. The Bertz CT molecular complexity index is 1950. The van der Waals surface area contributed by atoms with Crippen molar-refractivity contribution >= 4 is 0 Å². The van der Waals surface area contributed by atoms with Gasteiger partial charge in [0.15, 0.2) is 0 Å². The van der Waals surface area contributed by atoms with Gasteiger partial charge in [0.1, 0.15) is 0 Å². The maximum absolute atomic E-state index is 6.07. The molecule has 0 fully saturated rings. The van der Waals surface area contributed by atoms with E-state index in [4.69, 9.17) is 69.7 Å². The van der Waals surface area contributed by atoms with Crippen LogP contribution in [-0.2, 0) is 95.4 Å². The molecule has 0 aliphatic heterocycles. The number of benzene rings is 3. The van der Waals surface area contributed by atoms with E-state index in [1.54, 1.807) is 42.7 Å². The van der Waals surface area contributed by atoms with Gasteiger partial charge in [0.25, 0.3) is 0 Å². The SMILES string of the molecule is C#Cc1cc(CCOCCOC)c(C#Cc2cc(CCOCCOC)c(C#Cc3cc(CCOCCOC)c(C#C)cc3CCOCCOC)cc2CCOCCOC)cc1CCOCCOC. The topological polar surface area (TPSA) is 111 Å². The van der Waals surface area contributed by atoms with Crippen molar-refractivity contribution in [2.24, 2.45) is 0 Å². The van der Waals surface area contributed by atoms with Gasteiger partial charge in [-0.1, -0.05) is 35.5 Å². The number of rotatable bonds is 36. The van der Waals surface area contributed by atoms with Gasteiger partial charge in [-0.25, -0.2) is 0 Å². The van der Waals surface area contributed by atoms with Crippen LogP contribution < -0.4 is 0 Å². The second kappa shape index (κ2) is 37.3.